The normalized spacial score (nSPS) is 18.2. The zero-order valence-corrected chi connectivity index (χ0v) is 13.8. The van der Waals surface area contributed by atoms with Crippen LogP contribution in [-0.2, 0) is 11.3 Å². The van der Waals surface area contributed by atoms with Crippen molar-refractivity contribution in [2.24, 2.45) is 0 Å². The molecule has 23 heavy (non-hydrogen) atoms. The Morgan fingerprint density at radius 1 is 1.39 bits per heavy atom. The van der Waals surface area contributed by atoms with E-state index >= 15 is 0 Å². The largest absolute Gasteiger partial charge is 0.378 e. The van der Waals surface area contributed by atoms with E-state index in [4.69, 9.17) is 4.74 Å². The summed E-state index contributed by atoms with van der Waals surface area (Å²) >= 11 is 1.43. The molecule has 2 heterocycles. The van der Waals surface area contributed by atoms with Crippen molar-refractivity contribution in [2.75, 3.05) is 13.7 Å². The number of hydrogen-bond acceptors (Lipinski definition) is 4. The highest BCUT2D eigenvalue weighted by Gasteiger charge is 2.29. The number of piperidine rings is 1. The Kier molecular flexibility index (Phi) is 5.03. The van der Waals surface area contributed by atoms with Crippen LogP contribution in [0.4, 0.5) is 4.39 Å². The van der Waals surface area contributed by atoms with Crippen LogP contribution in [0.2, 0.25) is 0 Å². The zero-order chi connectivity index (χ0) is 16.2. The molecule has 1 amide bonds. The summed E-state index contributed by atoms with van der Waals surface area (Å²) < 4.78 is 18.2. The molecule has 122 valence electrons. The average molecular weight is 334 g/mol. The van der Waals surface area contributed by atoms with E-state index in [-0.39, 0.29) is 17.8 Å². The Labute approximate surface area is 138 Å². The van der Waals surface area contributed by atoms with Crippen molar-refractivity contribution in [1.82, 2.24) is 9.88 Å². The lowest BCUT2D eigenvalue weighted by molar-refractivity contribution is 0.0605. The molecule has 0 radical (unpaired) electrons. The van der Waals surface area contributed by atoms with Gasteiger partial charge in [-0.15, -0.1) is 11.3 Å². The van der Waals surface area contributed by atoms with Crippen LogP contribution >= 0.6 is 11.3 Å². The van der Waals surface area contributed by atoms with Crippen molar-refractivity contribution < 1.29 is 13.9 Å². The number of amides is 1. The molecule has 1 atom stereocenters. The molecule has 0 aliphatic carbocycles. The summed E-state index contributed by atoms with van der Waals surface area (Å²) in [4.78, 5) is 19.0. The maximum absolute atomic E-state index is 13.1. The maximum atomic E-state index is 13.1. The van der Waals surface area contributed by atoms with E-state index in [9.17, 15) is 9.18 Å². The molecule has 4 nitrogen and oxygen atoms in total. The summed E-state index contributed by atoms with van der Waals surface area (Å²) in [6.07, 6.45) is 2.95. The van der Waals surface area contributed by atoms with Crippen LogP contribution in [0.5, 0.6) is 0 Å². The fourth-order valence-corrected chi connectivity index (χ4v) is 3.69. The molecule has 6 heteroatoms. The lowest BCUT2D eigenvalue weighted by Crippen LogP contribution is -2.38. The van der Waals surface area contributed by atoms with E-state index in [1.54, 1.807) is 24.6 Å². The highest BCUT2D eigenvalue weighted by molar-refractivity contribution is 7.09. The molecule has 1 saturated heterocycles. The van der Waals surface area contributed by atoms with Crippen LogP contribution in [-0.4, -0.2) is 29.4 Å². The summed E-state index contributed by atoms with van der Waals surface area (Å²) in [5.41, 5.74) is 1.45. The second kappa shape index (κ2) is 7.19. The second-order valence-corrected chi connectivity index (χ2v) is 6.56. The highest BCUT2D eigenvalue weighted by Crippen LogP contribution is 2.32. The van der Waals surface area contributed by atoms with Crippen molar-refractivity contribution in [1.29, 1.82) is 0 Å². The molecule has 1 aliphatic heterocycles. The molecule has 0 saturated carbocycles. The van der Waals surface area contributed by atoms with Crippen LogP contribution in [0.1, 0.15) is 46.4 Å². The summed E-state index contributed by atoms with van der Waals surface area (Å²) in [5.74, 6) is -0.316. The lowest BCUT2D eigenvalue weighted by Gasteiger charge is -2.35. The molecule has 0 bridgehead atoms. The minimum absolute atomic E-state index is 0.00979. The van der Waals surface area contributed by atoms with Crippen LogP contribution in [0, 0.1) is 5.82 Å². The van der Waals surface area contributed by atoms with Crippen molar-refractivity contribution >= 4 is 17.2 Å². The number of likely N-dealkylation sites (tertiary alicyclic amines) is 1. The van der Waals surface area contributed by atoms with Gasteiger partial charge in [-0.1, -0.05) is 12.1 Å². The van der Waals surface area contributed by atoms with Gasteiger partial charge < -0.3 is 9.64 Å². The van der Waals surface area contributed by atoms with Gasteiger partial charge in [-0.25, -0.2) is 9.37 Å². The molecule has 0 unspecified atom stereocenters. The predicted molar refractivity (Wildman–Crippen MR) is 86.9 cm³/mol. The third kappa shape index (κ3) is 3.59. The van der Waals surface area contributed by atoms with Gasteiger partial charge in [-0.05, 0) is 37.0 Å². The second-order valence-electron chi connectivity index (χ2n) is 5.62. The smallest absolute Gasteiger partial charge is 0.273 e. The third-order valence-corrected chi connectivity index (χ3v) is 4.88. The summed E-state index contributed by atoms with van der Waals surface area (Å²) in [5, 5.41) is 2.58. The molecule has 1 aromatic heterocycles. The molecule has 3 rings (SSSR count). The highest BCUT2D eigenvalue weighted by atomic mass is 32.1. The number of nitrogens with zero attached hydrogens (tertiary/aromatic N) is 2. The number of hydrogen-bond donors (Lipinski definition) is 0. The number of thiazole rings is 1. The number of halogens is 1. The number of rotatable bonds is 4. The molecule has 1 aliphatic rings. The van der Waals surface area contributed by atoms with Gasteiger partial charge in [0.05, 0.1) is 12.6 Å². The minimum Gasteiger partial charge on any atom is -0.378 e. The minimum atomic E-state index is -0.258. The summed E-state index contributed by atoms with van der Waals surface area (Å²) in [6, 6.07) is 6.42. The first-order valence-corrected chi connectivity index (χ1v) is 8.57. The Morgan fingerprint density at radius 2 is 2.17 bits per heavy atom. The van der Waals surface area contributed by atoms with E-state index in [0.29, 0.717) is 18.8 Å². The maximum Gasteiger partial charge on any atom is 0.273 e. The van der Waals surface area contributed by atoms with Gasteiger partial charge in [-0.2, -0.15) is 0 Å². The molecular formula is C17H19FN2O2S. The van der Waals surface area contributed by atoms with E-state index in [0.717, 1.165) is 29.8 Å². The first-order valence-electron chi connectivity index (χ1n) is 7.69. The number of methoxy groups -OCH3 is 1. The monoisotopic (exact) mass is 334 g/mol. The molecular weight excluding hydrogens is 315 g/mol. The number of carbonyl (C=O) groups is 1. The van der Waals surface area contributed by atoms with Gasteiger partial charge >= 0.3 is 0 Å². The SMILES string of the molecule is COCc1nc(C(=O)N2CCCC[C@@H]2c2ccc(F)cc2)cs1. The van der Waals surface area contributed by atoms with E-state index < -0.39 is 0 Å². The summed E-state index contributed by atoms with van der Waals surface area (Å²) in [7, 11) is 1.61. The standard InChI is InChI=1S/C17H19FN2O2S/c1-22-10-16-19-14(11-23-16)17(21)20-9-3-2-4-15(20)12-5-7-13(18)8-6-12/h5-8,11,15H,2-4,9-10H2,1H3/t15-/m1/s1. The number of carbonyl (C=O) groups excluding carboxylic acids is 1. The fraction of sp³-hybridized carbons (Fsp3) is 0.412. The van der Waals surface area contributed by atoms with E-state index in [1.165, 1.54) is 23.5 Å². The Balaban J connectivity index is 1.82. The van der Waals surface area contributed by atoms with Gasteiger partial charge in [0, 0.05) is 19.0 Å². The van der Waals surface area contributed by atoms with Crippen LogP contribution in [0.3, 0.4) is 0 Å². The molecule has 0 spiro atoms. The van der Waals surface area contributed by atoms with Crippen molar-refractivity contribution in [3.05, 3.63) is 51.7 Å². The molecule has 0 N–H and O–H groups in total. The topological polar surface area (TPSA) is 42.4 Å². The van der Waals surface area contributed by atoms with Gasteiger partial charge in [0.2, 0.25) is 0 Å². The zero-order valence-electron chi connectivity index (χ0n) is 13.0. The first kappa shape index (κ1) is 16.1. The van der Waals surface area contributed by atoms with Crippen molar-refractivity contribution in [3.8, 4) is 0 Å². The van der Waals surface area contributed by atoms with Crippen molar-refractivity contribution in [2.45, 2.75) is 31.9 Å². The number of benzene rings is 1. The van der Waals surface area contributed by atoms with Crippen molar-refractivity contribution in [3.63, 3.8) is 0 Å². The Hall–Kier alpha value is -1.79. The van der Waals surface area contributed by atoms with Gasteiger partial charge in [-0.3, -0.25) is 4.79 Å². The quantitative estimate of drug-likeness (QED) is 0.854. The lowest BCUT2D eigenvalue weighted by atomic mass is 9.95. The molecule has 1 aromatic carbocycles. The molecule has 1 fully saturated rings. The summed E-state index contributed by atoms with van der Waals surface area (Å²) in [6.45, 7) is 1.12. The van der Waals surface area contributed by atoms with Gasteiger partial charge in [0.15, 0.2) is 0 Å². The third-order valence-electron chi connectivity index (χ3n) is 4.06. The first-order chi connectivity index (χ1) is 11.2. The molecule has 2 aromatic rings. The number of ether oxygens (including phenoxy) is 1. The Morgan fingerprint density at radius 3 is 2.91 bits per heavy atom. The van der Waals surface area contributed by atoms with E-state index in [2.05, 4.69) is 4.98 Å². The van der Waals surface area contributed by atoms with Gasteiger partial charge in [0.1, 0.15) is 16.5 Å². The van der Waals surface area contributed by atoms with Crippen LogP contribution in [0.25, 0.3) is 0 Å². The predicted octanol–water partition coefficient (Wildman–Crippen LogP) is 3.80. The Bertz CT molecular complexity index is 671. The fourth-order valence-electron chi connectivity index (χ4n) is 2.95. The number of aromatic nitrogens is 1. The van der Waals surface area contributed by atoms with Crippen LogP contribution < -0.4 is 0 Å². The van der Waals surface area contributed by atoms with E-state index in [1.807, 2.05) is 4.90 Å². The van der Waals surface area contributed by atoms with Gasteiger partial charge in [0.25, 0.3) is 5.91 Å². The average Bonchev–Trinajstić information content (AvgIpc) is 3.04. The van der Waals surface area contributed by atoms with Crippen LogP contribution in [0.15, 0.2) is 29.6 Å².